The van der Waals surface area contributed by atoms with E-state index in [1.54, 1.807) is 0 Å². The van der Waals surface area contributed by atoms with Gasteiger partial charge in [0.05, 0.1) is 16.4 Å². The highest BCUT2D eigenvalue weighted by atomic mass is 32.1. The number of aryl methyl sites for hydroxylation is 3. The molecule has 1 amide bonds. The van der Waals surface area contributed by atoms with Gasteiger partial charge in [-0.05, 0) is 20.3 Å². The lowest BCUT2D eigenvalue weighted by Crippen LogP contribution is -2.40. The first-order chi connectivity index (χ1) is 10.7. The van der Waals surface area contributed by atoms with Crippen LogP contribution in [-0.2, 0) is 18.4 Å². The largest absolute Gasteiger partial charge is 0.347 e. The Labute approximate surface area is 141 Å². The molecule has 3 heterocycles. The average Bonchev–Trinajstić information content (AvgIpc) is 3.01. The number of imidazole rings is 1. The summed E-state index contributed by atoms with van der Waals surface area (Å²) in [5.41, 5.74) is 1.99. The molecular weight excluding hydrogens is 308 g/mol. The number of thiazole rings is 1. The lowest BCUT2D eigenvalue weighted by molar-refractivity contribution is 0.0931. The van der Waals surface area contributed by atoms with Gasteiger partial charge in [0.15, 0.2) is 0 Å². The predicted molar refractivity (Wildman–Crippen MR) is 92.1 cm³/mol. The summed E-state index contributed by atoms with van der Waals surface area (Å²) < 4.78 is 2.19. The third kappa shape index (κ3) is 3.32. The van der Waals surface area contributed by atoms with Gasteiger partial charge in [0.1, 0.15) is 10.7 Å². The summed E-state index contributed by atoms with van der Waals surface area (Å²) in [6.45, 7) is 11.1. The minimum Gasteiger partial charge on any atom is -0.347 e. The van der Waals surface area contributed by atoms with Crippen LogP contribution in [0.1, 0.15) is 59.1 Å². The summed E-state index contributed by atoms with van der Waals surface area (Å²) in [7, 11) is 0. The number of hydrogen-bond donors (Lipinski definition) is 1. The molecule has 2 aromatic rings. The Morgan fingerprint density at radius 2 is 2.09 bits per heavy atom. The Balaban J connectivity index is 1.71. The van der Waals surface area contributed by atoms with Gasteiger partial charge in [-0.2, -0.15) is 0 Å². The van der Waals surface area contributed by atoms with Crippen molar-refractivity contribution in [2.45, 2.75) is 65.5 Å². The van der Waals surface area contributed by atoms with Gasteiger partial charge >= 0.3 is 0 Å². The number of hydrogen-bond acceptors (Lipinski definition) is 4. The number of fused-ring (bicyclic) bond motifs is 1. The van der Waals surface area contributed by atoms with Gasteiger partial charge < -0.3 is 9.88 Å². The summed E-state index contributed by atoms with van der Waals surface area (Å²) in [6.07, 6.45) is 3.97. The fraction of sp³-hybridized carbons (Fsp3) is 0.588. The van der Waals surface area contributed by atoms with Crippen molar-refractivity contribution in [2.24, 2.45) is 0 Å². The fourth-order valence-corrected chi connectivity index (χ4v) is 3.74. The molecule has 0 saturated carbocycles. The Kier molecular flexibility index (Phi) is 4.04. The molecule has 1 atom stereocenters. The summed E-state index contributed by atoms with van der Waals surface area (Å²) in [6, 6.07) is 0.152. The molecule has 23 heavy (non-hydrogen) atoms. The van der Waals surface area contributed by atoms with E-state index in [0.717, 1.165) is 46.5 Å². The van der Waals surface area contributed by atoms with Crippen LogP contribution in [0.2, 0.25) is 0 Å². The Morgan fingerprint density at radius 3 is 2.70 bits per heavy atom. The molecule has 0 spiro atoms. The molecule has 0 bridgehead atoms. The molecule has 0 saturated heterocycles. The van der Waals surface area contributed by atoms with Crippen molar-refractivity contribution in [1.82, 2.24) is 19.9 Å². The van der Waals surface area contributed by atoms with Crippen LogP contribution in [0.5, 0.6) is 0 Å². The van der Waals surface area contributed by atoms with E-state index in [1.165, 1.54) is 11.3 Å². The van der Waals surface area contributed by atoms with Gasteiger partial charge in [0, 0.05) is 30.6 Å². The van der Waals surface area contributed by atoms with Crippen LogP contribution in [0.25, 0.3) is 0 Å². The van der Waals surface area contributed by atoms with Gasteiger partial charge in [-0.15, -0.1) is 11.3 Å². The van der Waals surface area contributed by atoms with E-state index in [1.807, 2.05) is 13.8 Å². The number of aromatic nitrogens is 3. The lowest BCUT2D eigenvalue weighted by Gasteiger charge is -2.24. The minimum absolute atomic E-state index is 0.00212. The van der Waals surface area contributed by atoms with Crippen LogP contribution in [0.15, 0.2) is 6.20 Å². The molecular formula is C17H24N4OS. The zero-order valence-corrected chi connectivity index (χ0v) is 15.3. The van der Waals surface area contributed by atoms with Gasteiger partial charge in [0.25, 0.3) is 5.91 Å². The molecule has 1 N–H and O–H groups in total. The third-order valence-corrected chi connectivity index (χ3v) is 5.28. The smallest absolute Gasteiger partial charge is 0.263 e. The van der Waals surface area contributed by atoms with Crippen molar-refractivity contribution in [3.05, 3.63) is 33.3 Å². The molecule has 1 unspecified atom stereocenters. The number of carbonyl (C=O) groups is 1. The molecule has 1 aliphatic heterocycles. The van der Waals surface area contributed by atoms with Crippen molar-refractivity contribution in [2.75, 3.05) is 0 Å². The van der Waals surface area contributed by atoms with Crippen molar-refractivity contribution >= 4 is 17.2 Å². The molecule has 0 radical (unpaired) electrons. The van der Waals surface area contributed by atoms with Crippen LogP contribution in [0.4, 0.5) is 0 Å². The van der Waals surface area contributed by atoms with Crippen LogP contribution >= 0.6 is 11.3 Å². The first-order valence-electron chi connectivity index (χ1n) is 8.05. The summed E-state index contributed by atoms with van der Waals surface area (Å²) in [4.78, 5) is 22.3. The van der Waals surface area contributed by atoms with E-state index in [2.05, 4.69) is 41.8 Å². The number of rotatable bonds is 2. The first kappa shape index (κ1) is 16.2. The topological polar surface area (TPSA) is 59.8 Å². The van der Waals surface area contributed by atoms with E-state index < -0.39 is 0 Å². The van der Waals surface area contributed by atoms with Crippen LogP contribution in [0, 0.1) is 13.8 Å². The second-order valence-corrected chi connectivity index (χ2v) is 8.50. The minimum atomic E-state index is -0.00212. The number of amides is 1. The Bertz CT molecular complexity index is 738. The molecule has 3 rings (SSSR count). The van der Waals surface area contributed by atoms with Crippen molar-refractivity contribution in [3.63, 3.8) is 0 Å². The Morgan fingerprint density at radius 1 is 1.35 bits per heavy atom. The van der Waals surface area contributed by atoms with Gasteiger partial charge in [0.2, 0.25) is 0 Å². The second kappa shape index (κ2) is 5.74. The summed E-state index contributed by atoms with van der Waals surface area (Å²) >= 11 is 1.46. The molecule has 0 fully saturated rings. The van der Waals surface area contributed by atoms with Crippen molar-refractivity contribution < 1.29 is 4.79 Å². The maximum absolute atomic E-state index is 12.5. The van der Waals surface area contributed by atoms with Crippen LogP contribution < -0.4 is 5.32 Å². The van der Waals surface area contributed by atoms with Gasteiger partial charge in [-0.1, -0.05) is 20.8 Å². The number of nitrogens with one attached hydrogen (secondary N) is 1. The molecule has 6 heteroatoms. The molecule has 0 aliphatic carbocycles. The maximum Gasteiger partial charge on any atom is 0.263 e. The average molecular weight is 332 g/mol. The normalized spacial score (nSPS) is 17.9. The number of nitrogens with zero attached hydrogens (tertiary/aromatic N) is 3. The van der Waals surface area contributed by atoms with E-state index in [9.17, 15) is 4.79 Å². The lowest BCUT2D eigenvalue weighted by atomic mass is 9.93. The summed E-state index contributed by atoms with van der Waals surface area (Å²) in [5, 5.41) is 4.09. The van der Waals surface area contributed by atoms with Crippen molar-refractivity contribution in [1.29, 1.82) is 0 Å². The fourth-order valence-electron chi connectivity index (χ4n) is 2.92. The first-order valence-corrected chi connectivity index (χ1v) is 8.87. The van der Waals surface area contributed by atoms with E-state index in [-0.39, 0.29) is 17.4 Å². The highest BCUT2D eigenvalue weighted by Gasteiger charge is 2.26. The standard InChI is InChI=1S/C17H24N4OS/c1-10-15(23-11(2)18-10)16(22)19-12-6-7-14-20-13(17(3,4)5)9-21(14)8-12/h9,12H,6-8H2,1-5H3,(H,19,22). The Hall–Kier alpha value is -1.69. The quantitative estimate of drug-likeness (QED) is 0.919. The highest BCUT2D eigenvalue weighted by molar-refractivity contribution is 7.13. The molecule has 0 aromatic carbocycles. The van der Waals surface area contributed by atoms with Crippen LogP contribution in [-0.4, -0.2) is 26.5 Å². The van der Waals surface area contributed by atoms with Crippen molar-refractivity contribution in [3.8, 4) is 0 Å². The molecule has 124 valence electrons. The monoisotopic (exact) mass is 332 g/mol. The van der Waals surface area contributed by atoms with Gasteiger partial charge in [-0.25, -0.2) is 9.97 Å². The van der Waals surface area contributed by atoms with E-state index in [4.69, 9.17) is 4.98 Å². The second-order valence-electron chi connectivity index (χ2n) is 7.30. The molecule has 5 nitrogen and oxygen atoms in total. The van der Waals surface area contributed by atoms with Gasteiger partial charge in [-0.3, -0.25) is 4.79 Å². The van der Waals surface area contributed by atoms with Crippen LogP contribution in [0.3, 0.4) is 0 Å². The summed E-state index contributed by atoms with van der Waals surface area (Å²) in [5.74, 6) is 1.13. The zero-order valence-electron chi connectivity index (χ0n) is 14.4. The third-order valence-electron chi connectivity index (χ3n) is 4.21. The van der Waals surface area contributed by atoms with E-state index in [0.29, 0.717) is 0 Å². The zero-order chi connectivity index (χ0) is 16.8. The maximum atomic E-state index is 12.5. The predicted octanol–water partition coefficient (Wildman–Crippen LogP) is 3.00. The highest BCUT2D eigenvalue weighted by Crippen LogP contribution is 2.25. The van der Waals surface area contributed by atoms with E-state index >= 15 is 0 Å². The SMILES string of the molecule is Cc1nc(C)c(C(=O)NC2CCc3nc(C(C)(C)C)cn3C2)s1. The number of carbonyl (C=O) groups excluding carboxylic acids is 1. The molecule has 2 aromatic heterocycles. The molecule has 1 aliphatic rings.